The largest absolute Gasteiger partial charge is 0.383 e. The number of para-hydroxylation sites is 1. The standard InChI is InChI=1S/C14H10BrN3.ClH/c15-10-7-5-9(6-8-10)14-17-12-4-2-1-3-11(12)13(16)18-14;/h1-8H,(H2,16,17,18);1H. The summed E-state index contributed by atoms with van der Waals surface area (Å²) in [6.07, 6.45) is 0. The highest BCUT2D eigenvalue weighted by Gasteiger charge is 2.06. The van der Waals surface area contributed by atoms with Crippen LogP contribution in [0.4, 0.5) is 5.82 Å². The number of aromatic nitrogens is 2. The predicted octanol–water partition coefficient (Wildman–Crippen LogP) is 4.06. The van der Waals surface area contributed by atoms with Gasteiger partial charge in [0, 0.05) is 15.4 Å². The molecule has 96 valence electrons. The van der Waals surface area contributed by atoms with Crippen LogP contribution in [0.5, 0.6) is 0 Å². The van der Waals surface area contributed by atoms with Crippen LogP contribution in [0.15, 0.2) is 53.0 Å². The molecule has 0 fully saturated rings. The summed E-state index contributed by atoms with van der Waals surface area (Å²) in [5.74, 6) is 1.16. The lowest BCUT2D eigenvalue weighted by Gasteiger charge is -2.05. The van der Waals surface area contributed by atoms with E-state index in [2.05, 4.69) is 25.9 Å². The van der Waals surface area contributed by atoms with Crippen molar-refractivity contribution >= 4 is 45.1 Å². The molecule has 2 N–H and O–H groups in total. The van der Waals surface area contributed by atoms with Crippen molar-refractivity contribution in [3.8, 4) is 11.4 Å². The highest BCUT2D eigenvalue weighted by molar-refractivity contribution is 9.10. The van der Waals surface area contributed by atoms with Gasteiger partial charge in [0.1, 0.15) is 5.82 Å². The molecule has 0 saturated carbocycles. The second-order valence-corrected chi connectivity index (χ2v) is 4.87. The molecule has 5 heteroatoms. The molecule has 0 atom stereocenters. The zero-order chi connectivity index (χ0) is 12.5. The van der Waals surface area contributed by atoms with E-state index in [1.165, 1.54) is 0 Å². The van der Waals surface area contributed by atoms with Crippen LogP contribution < -0.4 is 5.73 Å². The van der Waals surface area contributed by atoms with E-state index in [0.717, 1.165) is 20.9 Å². The molecule has 3 nitrogen and oxygen atoms in total. The van der Waals surface area contributed by atoms with E-state index in [1.54, 1.807) is 0 Å². The Bertz CT molecular complexity index is 713. The van der Waals surface area contributed by atoms with Crippen molar-refractivity contribution < 1.29 is 0 Å². The number of hydrogen-bond acceptors (Lipinski definition) is 3. The molecule has 1 aromatic heterocycles. The summed E-state index contributed by atoms with van der Waals surface area (Å²) in [5, 5.41) is 0.887. The number of nitrogens with two attached hydrogens (primary N) is 1. The van der Waals surface area contributed by atoms with Gasteiger partial charge in [-0.25, -0.2) is 9.97 Å². The van der Waals surface area contributed by atoms with Crippen LogP contribution in [0, 0.1) is 0 Å². The summed E-state index contributed by atoms with van der Waals surface area (Å²) < 4.78 is 1.03. The second-order valence-electron chi connectivity index (χ2n) is 3.96. The third kappa shape index (κ3) is 2.69. The molecule has 0 aliphatic rings. The fraction of sp³-hybridized carbons (Fsp3) is 0. The Hall–Kier alpha value is -1.65. The van der Waals surface area contributed by atoms with E-state index in [-0.39, 0.29) is 12.4 Å². The van der Waals surface area contributed by atoms with E-state index >= 15 is 0 Å². The van der Waals surface area contributed by atoms with Gasteiger partial charge in [0.2, 0.25) is 0 Å². The Morgan fingerprint density at radius 3 is 2.32 bits per heavy atom. The summed E-state index contributed by atoms with van der Waals surface area (Å²) in [7, 11) is 0. The molecule has 0 radical (unpaired) electrons. The number of fused-ring (bicyclic) bond motifs is 1. The molecule has 2 aromatic carbocycles. The van der Waals surface area contributed by atoms with Gasteiger partial charge in [-0.1, -0.05) is 40.2 Å². The maximum atomic E-state index is 5.96. The number of hydrogen-bond donors (Lipinski definition) is 1. The Labute approximate surface area is 125 Å². The van der Waals surface area contributed by atoms with E-state index in [4.69, 9.17) is 5.73 Å². The molecule has 0 aliphatic heterocycles. The number of nitrogen functional groups attached to an aromatic ring is 1. The number of benzene rings is 2. The van der Waals surface area contributed by atoms with E-state index in [1.807, 2.05) is 48.5 Å². The van der Waals surface area contributed by atoms with Crippen molar-refractivity contribution in [2.24, 2.45) is 0 Å². The van der Waals surface area contributed by atoms with Gasteiger partial charge in [-0.15, -0.1) is 12.4 Å². The quantitative estimate of drug-likeness (QED) is 0.729. The first-order chi connectivity index (χ1) is 8.74. The van der Waals surface area contributed by atoms with Crippen molar-refractivity contribution in [1.82, 2.24) is 9.97 Å². The Balaban J connectivity index is 0.00000133. The smallest absolute Gasteiger partial charge is 0.162 e. The van der Waals surface area contributed by atoms with Crippen LogP contribution in [-0.2, 0) is 0 Å². The number of anilines is 1. The highest BCUT2D eigenvalue weighted by Crippen LogP contribution is 2.23. The molecule has 3 rings (SSSR count). The van der Waals surface area contributed by atoms with Crippen LogP contribution in [0.3, 0.4) is 0 Å². The SMILES string of the molecule is Cl.Nc1nc(-c2ccc(Br)cc2)nc2ccccc12. The molecule has 1 heterocycles. The fourth-order valence-electron chi connectivity index (χ4n) is 1.83. The van der Waals surface area contributed by atoms with Crippen LogP contribution in [0.1, 0.15) is 0 Å². The maximum absolute atomic E-state index is 5.96. The molecule has 0 saturated heterocycles. The number of nitrogens with zero attached hydrogens (tertiary/aromatic N) is 2. The van der Waals surface area contributed by atoms with Gasteiger partial charge < -0.3 is 5.73 Å². The van der Waals surface area contributed by atoms with Gasteiger partial charge in [0.05, 0.1) is 5.52 Å². The minimum Gasteiger partial charge on any atom is -0.383 e. The molecule has 0 bridgehead atoms. The van der Waals surface area contributed by atoms with Gasteiger partial charge in [0.25, 0.3) is 0 Å². The summed E-state index contributed by atoms with van der Waals surface area (Å²) >= 11 is 3.41. The predicted molar refractivity (Wildman–Crippen MR) is 84.3 cm³/mol. The lowest BCUT2D eigenvalue weighted by molar-refractivity contribution is 1.23. The van der Waals surface area contributed by atoms with Crippen molar-refractivity contribution in [3.63, 3.8) is 0 Å². The van der Waals surface area contributed by atoms with Crippen LogP contribution in [0.2, 0.25) is 0 Å². The first-order valence-electron chi connectivity index (χ1n) is 5.52. The zero-order valence-electron chi connectivity index (χ0n) is 9.88. The third-order valence-corrected chi connectivity index (χ3v) is 3.26. The van der Waals surface area contributed by atoms with Gasteiger partial charge >= 0.3 is 0 Å². The zero-order valence-corrected chi connectivity index (χ0v) is 12.3. The second kappa shape index (κ2) is 5.55. The Morgan fingerprint density at radius 1 is 0.895 bits per heavy atom. The summed E-state index contributed by atoms with van der Waals surface area (Å²) in [5.41, 5.74) is 7.78. The normalized spacial score (nSPS) is 10.2. The van der Waals surface area contributed by atoms with E-state index in [0.29, 0.717) is 11.6 Å². The number of rotatable bonds is 1. The maximum Gasteiger partial charge on any atom is 0.162 e. The van der Waals surface area contributed by atoms with Crippen molar-refractivity contribution in [2.75, 3.05) is 5.73 Å². The lowest BCUT2D eigenvalue weighted by Crippen LogP contribution is -1.97. The lowest BCUT2D eigenvalue weighted by atomic mass is 10.2. The number of halogens is 2. The minimum atomic E-state index is 0. The van der Waals surface area contributed by atoms with Crippen molar-refractivity contribution in [3.05, 3.63) is 53.0 Å². The minimum absolute atomic E-state index is 0. The van der Waals surface area contributed by atoms with Crippen LogP contribution in [-0.4, -0.2) is 9.97 Å². The van der Waals surface area contributed by atoms with Crippen molar-refractivity contribution in [2.45, 2.75) is 0 Å². The van der Waals surface area contributed by atoms with Gasteiger partial charge in [-0.05, 0) is 24.3 Å². The van der Waals surface area contributed by atoms with Crippen LogP contribution in [0.25, 0.3) is 22.3 Å². The summed E-state index contributed by atoms with van der Waals surface area (Å²) in [6.45, 7) is 0. The molecular formula is C14H11BrClN3. The Kier molecular flexibility index (Phi) is 4.02. The summed E-state index contributed by atoms with van der Waals surface area (Å²) in [6, 6.07) is 15.6. The summed E-state index contributed by atoms with van der Waals surface area (Å²) in [4.78, 5) is 8.88. The first kappa shape index (κ1) is 13.8. The molecule has 0 spiro atoms. The van der Waals surface area contributed by atoms with Gasteiger partial charge in [-0.3, -0.25) is 0 Å². The monoisotopic (exact) mass is 335 g/mol. The van der Waals surface area contributed by atoms with E-state index < -0.39 is 0 Å². The molecule has 3 aromatic rings. The molecule has 0 unspecified atom stereocenters. The highest BCUT2D eigenvalue weighted by atomic mass is 79.9. The topological polar surface area (TPSA) is 51.8 Å². The van der Waals surface area contributed by atoms with Gasteiger partial charge in [-0.2, -0.15) is 0 Å². The van der Waals surface area contributed by atoms with Crippen LogP contribution >= 0.6 is 28.3 Å². The molecular weight excluding hydrogens is 326 g/mol. The Morgan fingerprint density at radius 2 is 1.58 bits per heavy atom. The molecule has 19 heavy (non-hydrogen) atoms. The average molecular weight is 337 g/mol. The van der Waals surface area contributed by atoms with Crippen molar-refractivity contribution in [1.29, 1.82) is 0 Å². The van der Waals surface area contributed by atoms with Gasteiger partial charge in [0.15, 0.2) is 5.82 Å². The third-order valence-electron chi connectivity index (χ3n) is 2.74. The van der Waals surface area contributed by atoms with E-state index in [9.17, 15) is 0 Å². The molecule has 0 aliphatic carbocycles. The average Bonchev–Trinajstić information content (AvgIpc) is 2.39. The first-order valence-corrected chi connectivity index (χ1v) is 6.31. The molecule has 0 amide bonds. The fourth-order valence-corrected chi connectivity index (χ4v) is 2.09.